The van der Waals surface area contributed by atoms with E-state index in [0.29, 0.717) is 18.2 Å². The van der Waals surface area contributed by atoms with E-state index < -0.39 is 0 Å². The zero-order chi connectivity index (χ0) is 19.8. The lowest BCUT2D eigenvalue weighted by atomic mass is 10.1. The van der Waals surface area contributed by atoms with Crippen LogP contribution in [-0.4, -0.2) is 112 Å². The van der Waals surface area contributed by atoms with Crippen molar-refractivity contribution in [1.29, 1.82) is 0 Å². The Morgan fingerprint density at radius 1 is 1.11 bits per heavy atom. The summed E-state index contributed by atoms with van der Waals surface area (Å²) in [5.41, 5.74) is 0. The van der Waals surface area contributed by atoms with Gasteiger partial charge in [-0.1, -0.05) is 0 Å². The maximum absolute atomic E-state index is 6.15. The predicted molar refractivity (Wildman–Crippen MR) is 114 cm³/mol. The highest BCUT2D eigenvalue weighted by atomic mass is 16.5. The van der Waals surface area contributed by atoms with Crippen LogP contribution in [0.2, 0.25) is 0 Å². The van der Waals surface area contributed by atoms with Gasteiger partial charge >= 0.3 is 0 Å². The van der Waals surface area contributed by atoms with E-state index in [4.69, 9.17) is 9.47 Å². The Bertz CT molecular complexity index is 467. The molecule has 2 atom stereocenters. The summed E-state index contributed by atoms with van der Waals surface area (Å²) in [6.45, 7) is 11.6. The summed E-state index contributed by atoms with van der Waals surface area (Å²) in [5.74, 6) is 1.04. The molecule has 2 unspecified atom stereocenters. The Balaban J connectivity index is 1.34. The summed E-state index contributed by atoms with van der Waals surface area (Å²) in [7, 11) is 4.10. The monoisotopic (exact) mass is 395 g/mol. The number of nitrogens with zero attached hydrogens (tertiary/aromatic N) is 4. The summed E-state index contributed by atoms with van der Waals surface area (Å²) in [6.07, 6.45) is 6.46. The highest BCUT2D eigenvalue weighted by Crippen LogP contribution is 2.18. The minimum Gasteiger partial charge on any atom is -0.376 e. The lowest BCUT2D eigenvalue weighted by molar-refractivity contribution is -0.0721. The van der Waals surface area contributed by atoms with Gasteiger partial charge in [-0.05, 0) is 46.1 Å². The van der Waals surface area contributed by atoms with Crippen molar-refractivity contribution >= 4 is 5.96 Å². The van der Waals surface area contributed by atoms with Crippen LogP contribution in [0.3, 0.4) is 0 Å². The van der Waals surface area contributed by atoms with Crippen molar-refractivity contribution in [3.8, 4) is 0 Å². The fourth-order valence-electron chi connectivity index (χ4n) is 4.38. The van der Waals surface area contributed by atoms with Gasteiger partial charge in [-0.25, -0.2) is 0 Å². The van der Waals surface area contributed by atoms with Gasteiger partial charge < -0.3 is 24.6 Å². The van der Waals surface area contributed by atoms with Gasteiger partial charge in [-0.3, -0.25) is 9.89 Å². The fraction of sp³-hybridized carbons (Fsp3) is 0.952. The SMILES string of the molecule is CN=C(NCC(C)N1CCN(C)CC1)N1CCC(OCC2CCCCO2)CC1. The molecule has 28 heavy (non-hydrogen) atoms. The second kappa shape index (κ2) is 11.3. The zero-order valence-corrected chi connectivity index (χ0v) is 18.2. The third-order valence-electron chi connectivity index (χ3n) is 6.46. The van der Waals surface area contributed by atoms with Gasteiger partial charge in [0.2, 0.25) is 0 Å². The molecule has 0 spiro atoms. The van der Waals surface area contributed by atoms with Crippen LogP contribution in [-0.2, 0) is 9.47 Å². The number of piperazine rings is 1. The van der Waals surface area contributed by atoms with Crippen LogP contribution in [0.15, 0.2) is 4.99 Å². The van der Waals surface area contributed by atoms with Crippen LogP contribution in [0, 0.1) is 0 Å². The lowest BCUT2D eigenvalue weighted by Gasteiger charge is -2.38. The molecule has 7 heteroatoms. The molecule has 3 aliphatic rings. The highest BCUT2D eigenvalue weighted by molar-refractivity contribution is 5.80. The number of guanidine groups is 1. The van der Waals surface area contributed by atoms with Crippen LogP contribution in [0.5, 0.6) is 0 Å². The third-order valence-corrected chi connectivity index (χ3v) is 6.46. The van der Waals surface area contributed by atoms with Crippen molar-refractivity contribution in [3.05, 3.63) is 0 Å². The molecule has 0 amide bonds. The van der Waals surface area contributed by atoms with Crippen molar-refractivity contribution in [2.45, 2.75) is 57.3 Å². The summed E-state index contributed by atoms with van der Waals surface area (Å²) in [5, 5.41) is 3.61. The summed E-state index contributed by atoms with van der Waals surface area (Å²) in [4.78, 5) is 11.9. The number of hydrogen-bond acceptors (Lipinski definition) is 5. The third kappa shape index (κ3) is 6.58. The molecule has 3 heterocycles. The molecule has 0 aliphatic carbocycles. The average molecular weight is 396 g/mol. The molecule has 162 valence electrons. The molecule has 0 aromatic carbocycles. The molecule has 7 nitrogen and oxygen atoms in total. The molecule has 3 rings (SSSR count). The summed E-state index contributed by atoms with van der Waals surface area (Å²) < 4.78 is 11.9. The van der Waals surface area contributed by atoms with Crippen molar-refractivity contribution in [2.24, 2.45) is 4.99 Å². The van der Waals surface area contributed by atoms with Crippen LogP contribution in [0.25, 0.3) is 0 Å². The highest BCUT2D eigenvalue weighted by Gasteiger charge is 2.25. The van der Waals surface area contributed by atoms with E-state index in [0.717, 1.165) is 71.2 Å². The van der Waals surface area contributed by atoms with Gasteiger partial charge in [0, 0.05) is 65.5 Å². The van der Waals surface area contributed by atoms with Gasteiger partial charge in [0.25, 0.3) is 0 Å². The van der Waals surface area contributed by atoms with Crippen molar-refractivity contribution in [3.63, 3.8) is 0 Å². The van der Waals surface area contributed by atoms with Crippen LogP contribution < -0.4 is 5.32 Å². The van der Waals surface area contributed by atoms with E-state index in [1.807, 2.05) is 7.05 Å². The van der Waals surface area contributed by atoms with Crippen LogP contribution >= 0.6 is 0 Å². The maximum atomic E-state index is 6.15. The number of rotatable bonds is 6. The number of nitrogens with one attached hydrogen (secondary N) is 1. The van der Waals surface area contributed by atoms with Crippen LogP contribution in [0.4, 0.5) is 0 Å². The number of likely N-dealkylation sites (N-methyl/N-ethyl adjacent to an activating group) is 1. The molecule has 0 aromatic heterocycles. The first-order chi connectivity index (χ1) is 13.7. The second-order valence-corrected chi connectivity index (χ2v) is 8.62. The average Bonchev–Trinajstić information content (AvgIpc) is 2.74. The molecule has 0 bridgehead atoms. The molecule has 3 fully saturated rings. The van der Waals surface area contributed by atoms with Gasteiger partial charge in [0.15, 0.2) is 5.96 Å². The Kier molecular flexibility index (Phi) is 8.83. The standard InChI is InChI=1S/C21H41N5O2/c1-18(25-13-11-24(3)12-14-25)16-23-21(22-2)26-9-7-19(8-10-26)28-17-20-6-4-5-15-27-20/h18-20H,4-17H2,1-3H3,(H,22,23). The molecular weight excluding hydrogens is 354 g/mol. The van der Waals surface area contributed by atoms with Crippen molar-refractivity contribution in [1.82, 2.24) is 20.0 Å². The Morgan fingerprint density at radius 2 is 1.86 bits per heavy atom. The van der Waals surface area contributed by atoms with Gasteiger partial charge in [0.05, 0.1) is 18.8 Å². The lowest BCUT2D eigenvalue weighted by Crippen LogP contribution is -2.53. The zero-order valence-electron chi connectivity index (χ0n) is 18.2. The number of hydrogen-bond donors (Lipinski definition) is 1. The first-order valence-electron chi connectivity index (χ1n) is 11.3. The minimum atomic E-state index is 0.317. The maximum Gasteiger partial charge on any atom is 0.193 e. The van der Waals surface area contributed by atoms with Gasteiger partial charge in [0.1, 0.15) is 0 Å². The van der Waals surface area contributed by atoms with Gasteiger partial charge in [-0.2, -0.15) is 0 Å². The first-order valence-corrected chi connectivity index (χ1v) is 11.3. The first kappa shape index (κ1) is 21.8. The summed E-state index contributed by atoms with van der Waals surface area (Å²) >= 11 is 0. The molecule has 1 N–H and O–H groups in total. The molecule has 3 aliphatic heterocycles. The van der Waals surface area contributed by atoms with E-state index in [1.54, 1.807) is 0 Å². The second-order valence-electron chi connectivity index (χ2n) is 8.62. The summed E-state index contributed by atoms with van der Waals surface area (Å²) in [6, 6.07) is 0.529. The Morgan fingerprint density at radius 3 is 2.50 bits per heavy atom. The Labute approximate surface area is 171 Å². The largest absolute Gasteiger partial charge is 0.376 e. The van der Waals surface area contributed by atoms with Crippen molar-refractivity contribution in [2.75, 3.05) is 73.1 Å². The quantitative estimate of drug-likeness (QED) is 0.540. The number of ether oxygens (including phenoxy) is 2. The molecular formula is C21H41N5O2. The van der Waals surface area contributed by atoms with E-state index in [-0.39, 0.29) is 0 Å². The van der Waals surface area contributed by atoms with E-state index in [1.165, 1.54) is 25.9 Å². The smallest absolute Gasteiger partial charge is 0.193 e. The molecule has 3 saturated heterocycles. The van der Waals surface area contributed by atoms with Crippen molar-refractivity contribution < 1.29 is 9.47 Å². The van der Waals surface area contributed by atoms with E-state index in [9.17, 15) is 0 Å². The molecule has 0 aromatic rings. The minimum absolute atomic E-state index is 0.317. The number of aliphatic imine (C=N–C) groups is 1. The normalized spacial score (nSPS) is 27.8. The number of piperidine rings is 1. The topological polar surface area (TPSA) is 52.6 Å². The van der Waals surface area contributed by atoms with Gasteiger partial charge in [-0.15, -0.1) is 0 Å². The molecule has 0 radical (unpaired) electrons. The molecule has 0 saturated carbocycles. The Hall–Kier alpha value is -0.890. The predicted octanol–water partition coefficient (Wildman–Crippen LogP) is 1.25. The van der Waals surface area contributed by atoms with E-state index in [2.05, 4.69) is 39.0 Å². The van der Waals surface area contributed by atoms with E-state index >= 15 is 0 Å². The fourth-order valence-corrected chi connectivity index (χ4v) is 4.38. The van der Waals surface area contributed by atoms with Crippen LogP contribution in [0.1, 0.15) is 39.0 Å². The number of likely N-dealkylation sites (tertiary alicyclic amines) is 1.